The van der Waals surface area contributed by atoms with Crippen LogP contribution >= 0.6 is 11.6 Å². The van der Waals surface area contributed by atoms with E-state index in [2.05, 4.69) is 10.3 Å². The Morgan fingerprint density at radius 2 is 1.55 bits per heavy atom. The number of carboxylic acids is 2. The summed E-state index contributed by atoms with van der Waals surface area (Å²) < 4.78 is 18.2. The van der Waals surface area contributed by atoms with Crippen LogP contribution in [0.3, 0.4) is 0 Å². The van der Waals surface area contributed by atoms with E-state index < -0.39 is 11.9 Å². The van der Waals surface area contributed by atoms with E-state index in [9.17, 15) is 0 Å². The van der Waals surface area contributed by atoms with Gasteiger partial charge in [0.25, 0.3) is 0 Å². The van der Waals surface area contributed by atoms with Gasteiger partial charge in [0.05, 0.1) is 33.2 Å². The van der Waals surface area contributed by atoms with Crippen LogP contribution in [-0.4, -0.2) is 53.0 Å². The summed E-state index contributed by atoms with van der Waals surface area (Å²) in [5.74, 6) is -1.07. The Bertz CT molecular complexity index is 1080. The predicted molar refractivity (Wildman–Crippen MR) is 122 cm³/mol. The number of rotatable bonds is 7. The van der Waals surface area contributed by atoms with Gasteiger partial charge in [-0.1, -0.05) is 23.7 Å². The van der Waals surface area contributed by atoms with Gasteiger partial charge in [-0.15, -0.1) is 0 Å². The van der Waals surface area contributed by atoms with Crippen molar-refractivity contribution in [2.75, 3.05) is 26.6 Å². The molecule has 0 radical (unpaired) electrons. The topological polar surface area (TPSA) is 132 Å². The maximum atomic E-state index is 9.10. The second-order valence-electron chi connectivity index (χ2n) is 6.53. The zero-order chi connectivity index (χ0) is 24.5. The van der Waals surface area contributed by atoms with Crippen molar-refractivity contribution in [3.8, 4) is 28.5 Å². The van der Waals surface area contributed by atoms with Gasteiger partial charge in [-0.3, -0.25) is 0 Å². The number of carbonyl (C=O) groups is 2. The number of hydrogen-bond acceptors (Lipinski definition) is 7. The van der Waals surface area contributed by atoms with Crippen LogP contribution in [-0.2, 0) is 23.2 Å². The Balaban J connectivity index is 0.000000569. The first-order valence-corrected chi connectivity index (χ1v) is 9.86. The number of nitrogens with zero attached hydrogens (tertiary/aromatic N) is 2. The van der Waals surface area contributed by atoms with Crippen molar-refractivity contribution in [2.24, 2.45) is 7.05 Å². The molecule has 2 aromatic carbocycles. The molecule has 33 heavy (non-hydrogen) atoms. The average molecular weight is 478 g/mol. The fourth-order valence-corrected chi connectivity index (χ4v) is 3.01. The van der Waals surface area contributed by atoms with Gasteiger partial charge < -0.3 is 34.3 Å². The Kier molecular flexibility index (Phi) is 8.93. The molecule has 0 bridgehead atoms. The smallest absolute Gasteiger partial charge is 0.414 e. The zero-order valence-electron chi connectivity index (χ0n) is 18.5. The summed E-state index contributed by atoms with van der Waals surface area (Å²) >= 11 is 5.97. The highest BCUT2D eigenvalue weighted by Crippen LogP contribution is 2.38. The number of methoxy groups -OCH3 is 3. The maximum Gasteiger partial charge on any atom is 0.414 e. The van der Waals surface area contributed by atoms with Gasteiger partial charge in [0.2, 0.25) is 11.7 Å². The Morgan fingerprint density at radius 1 is 1.00 bits per heavy atom. The number of anilines is 1. The number of ether oxygens (including phenoxy) is 3. The van der Waals surface area contributed by atoms with Gasteiger partial charge >= 0.3 is 11.9 Å². The van der Waals surface area contributed by atoms with Crippen molar-refractivity contribution in [2.45, 2.75) is 6.54 Å². The van der Waals surface area contributed by atoms with Gasteiger partial charge in [-0.2, -0.15) is 0 Å². The molecule has 176 valence electrons. The minimum atomic E-state index is -1.82. The molecule has 3 rings (SSSR count). The lowest BCUT2D eigenvalue weighted by atomic mass is 10.1. The molecule has 1 aromatic heterocycles. The molecule has 3 N–H and O–H groups in total. The fourth-order valence-electron chi connectivity index (χ4n) is 2.88. The number of aliphatic carboxylic acids is 2. The van der Waals surface area contributed by atoms with E-state index in [0.29, 0.717) is 28.8 Å². The van der Waals surface area contributed by atoms with Crippen molar-refractivity contribution in [1.29, 1.82) is 0 Å². The van der Waals surface area contributed by atoms with E-state index in [1.54, 1.807) is 21.3 Å². The van der Waals surface area contributed by atoms with E-state index in [1.807, 2.05) is 54.2 Å². The molecule has 1 heterocycles. The first-order valence-electron chi connectivity index (χ1n) is 9.48. The molecule has 11 heteroatoms. The third-order valence-corrected chi connectivity index (χ3v) is 4.74. The van der Waals surface area contributed by atoms with Crippen LogP contribution in [0.25, 0.3) is 11.3 Å². The van der Waals surface area contributed by atoms with Gasteiger partial charge in [0.1, 0.15) is 0 Å². The van der Waals surface area contributed by atoms with Crippen molar-refractivity contribution in [1.82, 2.24) is 9.55 Å². The molecule has 0 spiro atoms. The van der Waals surface area contributed by atoms with E-state index in [4.69, 9.17) is 45.6 Å². The van der Waals surface area contributed by atoms with Gasteiger partial charge in [0, 0.05) is 18.6 Å². The second-order valence-corrected chi connectivity index (χ2v) is 6.97. The number of nitrogens with one attached hydrogen (secondary N) is 1. The number of carboxylic acid groups (broad SMARTS) is 2. The number of hydrogen-bond donors (Lipinski definition) is 3. The third kappa shape index (κ3) is 6.53. The highest BCUT2D eigenvalue weighted by molar-refractivity contribution is 6.30. The van der Waals surface area contributed by atoms with Crippen LogP contribution in [0.1, 0.15) is 5.56 Å². The molecule has 0 unspecified atom stereocenters. The minimum Gasteiger partial charge on any atom is -0.493 e. The predicted octanol–water partition coefficient (Wildman–Crippen LogP) is 3.53. The number of benzene rings is 2. The minimum absolute atomic E-state index is 0.557. The Hall–Kier alpha value is -3.92. The quantitative estimate of drug-likeness (QED) is 0.437. The first-order chi connectivity index (χ1) is 15.7. The molecule has 0 amide bonds. The van der Waals surface area contributed by atoms with Crippen molar-refractivity contribution < 1.29 is 34.0 Å². The molecule has 0 saturated carbocycles. The summed E-state index contributed by atoms with van der Waals surface area (Å²) in [7, 11) is 6.76. The van der Waals surface area contributed by atoms with Crippen molar-refractivity contribution >= 4 is 29.5 Å². The Morgan fingerprint density at radius 3 is 2.00 bits per heavy atom. The van der Waals surface area contributed by atoms with Crippen molar-refractivity contribution in [3.63, 3.8) is 0 Å². The lowest BCUT2D eigenvalue weighted by Crippen LogP contribution is -2.09. The van der Waals surface area contributed by atoms with Gasteiger partial charge in [-0.25, -0.2) is 14.6 Å². The molecule has 3 aromatic rings. The van der Waals surface area contributed by atoms with E-state index in [0.717, 1.165) is 22.8 Å². The normalized spacial score (nSPS) is 9.97. The molecule has 10 nitrogen and oxygen atoms in total. The molecule has 0 atom stereocenters. The lowest BCUT2D eigenvalue weighted by Gasteiger charge is -2.15. The largest absolute Gasteiger partial charge is 0.493 e. The Labute approximate surface area is 195 Å². The van der Waals surface area contributed by atoms with Crippen LogP contribution in [0.15, 0.2) is 42.6 Å². The molecular weight excluding hydrogens is 454 g/mol. The first kappa shape index (κ1) is 25.3. The molecule has 0 aliphatic carbocycles. The van der Waals surface area contributed by atoms with Crippen LogP contribution in [0.4, 0.5) is 5.95 Å². The summed E-state index contributed by atoms with van der Waals surface area (Å²) in [5.41, 5.74) is 3.04. The molecule has 0 aliphatic heterocycles. The summed E-state index contributed by atoms with van der Waals surface area (Å²) in [6.45, 7) is 0.557. The van der Waals surface area contributed by atoms with Crippen LogP contribution in [0.5, 0.6) is 17.2 Å². The average Bonchev–Trinajstić information content (AvgIpc) is 3.17. The van der Waals surface area contributed by atoms with E-state index in [1.165, 1.54) is 0 Å². The van der Waals surface area contributed by atoms with E-state index >= 15 is 0 Å². The van der Waals surface area contributed by atoms with Crippen LogP contribution in [0, 0.1) is 0 Å². The molecule has 0 fully saturated rings. The second kappa shape index (κ2) is 11.6. The SMILES string of the molecule is COc1cc(CNc2ncc(-c3ccc(Cl)cc3)n2C)cc(OC)c1OC.O=C(O)C(=O)O. The molecule has 0 aliphatic rings. The maximum absolute atomic E-state index is 9.10. The number of halogens is 1. The summed E-state index contributed by atoms with van der Waals surface area (Å²) in [6, 6.07) is 11.5. The van der Waals surface area contributed by atoms with Gasteiger partial charge in [-0.05, 0) is 35.4 Å². The van der Waals surface area contributed by atoms with Crippen molar-refractivity contribution in [3.05, 3.63) is 53.2 Å². The fraction of sp³-hybridized carbons (Fsp3) is 0.227. The molecule has 0 saturated heterocycles. The highest BCUT2D eigenvalue weighted by atomic mass is 35.5. The summed E-state index contributed by atoms with van der Waals surface area (Å²) in [6.07, 6.45) is 1.83. The van der Waals surface area contributed by atoms with Crippen LogP contribution < -0.4 is 19.5 Å². The van der Waals surface area contributed by atoms with E-state index in [-0.39, 0.29) is 0 Å². The monoisotopic (exact) mass is 477 g/mol. The highest BCUT2D eigenvalue weighted by Gasteiger charge is 2.14. The summed E-state index contributed by atoms with van der Waals surface area (Å²) in [4.78, 5) is 22.7. The zero-order valence-corrected chi connectivity index (χ0v) is 19.2. The molecular formula is C22H24ClN3O7. The van der Waals surface area contributed by atoms with Gasteiger partial charge in [0.15, 0.2) is 11.5 Å². The lowest BCUT2D eigenvalue weighted by molar-refractivity contribution is -0.159. The summed E-state index contributed by atoms with van der Waals surface area (Å²) in [5, 5.41) is 18.8. The van der Waals surface area contributed by atoms with Crippen LogP contribution in [0.2, 0.25) is 5.02 Å². The number of imidazole rings is 1. The third-order valence-electron chi connectivity index (χ3n) is 4.49. The standard InChI is InChI=1S/C20H22ClN3O3.C2H2O4/c1-24-16(14-5-7-15(21)8-6-14)12-23-20(24)22-11-13-9-17(25-2)19(27-4)18(10-13)26-3;3-1(4)2(5)6/h5-10,12H,11H2,1-4H3,(H,22,23);(H,3,4)(H,5,6). The number of aromatic nitrogens is 2.